The van der Waals surface area contributed by atoms with Gasteiger partial charge in [0.1, 0.15) is 19.0 Å². The van der Waals surface area contributed by atoms with Crippen molar-refractivity contribution in [3.63, 3.8) is 0 Å². The van der Waals surface area contributed by atoms with Crippen LogP contribution >= 0.6 is 0 Å². The van der Waals surface area contributed by atoms with Gasteiger partial charge in [-0.2, -0.15) is 0 Å². The molecule has 3 nitrogen and oxygen atoms in total. The van der Waals surface area contributed by atoms with Crippen molar-refractivity contribution in [3.8, 4) is 0 Å². The molecule has 7 heavy (non-hydrogen) atoms. The Kier molecular flexibility index (Phi) is 3.61. The first kappa shape index (κ1) is 6.63. The topological polar surface area (TPSA) is 38.7 Å². The molecule has 0 spiro atoms. The van der Waals surface area contributed by atoms with Crippen molar-refractivity contribution in [2.75, 3.05) is 0 Å². The van der Waals surface area contributed by atoms with Crippen LogP contribution in [0.15, 0.2) is 19.0 Å². The first-order chi connectivity index (χ1) is 3.00. The Balaban J connectivity index is 0.000000360. The van der Waals surface area contributed by atoms with Crippen molar-refractivity contribution in [3.05, 3.63) is 19.0 Å². The fourth-order valence-electron chi connectivity index (χ4n) is 0.205. The van der Waals surface area contributed by atoms with Gasteiger partial charge in [0.2, 0.25) is 0 Å². The van der Waals surface area contributed by atoms with Crippen molar-refractivity contribution < 1.29 is 19.5 Å². The summed E-state index contributed by atoms with van der Waals surface area (Å²) in [5.74, 6) is 0. The van der Waals surface area contributed by atoms with Crippen molar-refractivity contribution in [2.45, 2.75) is 0 Å². The second-order valence-electron chi connectivity index (χ2n) is 0.794. The second kappa shape index (κ2) is 3.81. The fraction of sp³-hybridized carbons (Fsp3) is 0. The third kappa shape index (κ3) is 2.34. The van der Waals surface area contributed by atoms with Gasteiger partial charge in [-0.25, -0.2) is 15.0 Å². The number of aromatic nitrogens is 3. The van der Waals surface area contributed by atoms with E-state index >= 15 is 0 Å². The molecular weight excluding hydrogens is 181 g/mol. The number of hydrogen-bond acceptors (Lipinski definition) is 3. The number of rotatable bonds is 0. The molecule has 0 N–H and O–H groups in total. The van der Waals surface area contributed by atoms with Gasteiger partial charge in [-0.05, 0) is 0 Å². The summed E-state index contributed by atoms with van der Waals surface area (Å²) in [7, 11) is 0. The molecule has 39 valence electrons. The molecule has 0 saturated carbocycles. The van der Waals surface area contributed by atoms with E-state index in [0.717, 1.165) is 0 Å². The Hall–Kier alpha value is -0.367. The van der Waals surface area contributed by atoms with E-state index in [1.54, 1.807) is 0 Å². The Morgan fingerprint density at radius 2 is 1.00 bits per heavy atom. The van der Waals surface area contributed by atoms with Crippen LogP contribution in [-0.4, -0.2) is 15.0 Å². The molecule has 0 fully saturated rings. The predicted molar refractivity (Wildman–Crippen MR) is 19.8 cm³/mol. The van der Waals surface area contributed by atoms with E-state index in [1.807, 2.05) is 0 Å². The molecule has 1 rings (SSSR count). The van der Waals surface area contributed by atoms with E-state index in [9.17, 15) is 0 Å². The molecule has 1 radical (unpaired) electrons. The average Bonchev–Trinajstić information content (AvgIpc) is 1.72. The van der Waals surface area contributed by atoms with Crippen LogP contribution in [0.2, 0.25) is 0 Å². The summed E-state index contributed by atoms with van der Waals surface area (Å²) >= 11 is 0. The Morgan fingerprint density at radius 3 is 1.14 bits per heavy atom. The van der Waals surface area contributed by atoms with Gasteiger partial charge in [-0.1, -0.05) is 0 Å². The first-order valence-corrected chi connectivity index (χ1v) is 1.55. The molecule has 0 atom stereocenters. The molecule has 1 aromatic heterocycles. The van der Waals surface area contributed by atoms with E-state index in [1.165, 1.54) is 19.0 Å². The van der Waals surface area contributed by atoms with Gasteiger partial charge in [0.15, 0.2) is 0 Å². The SMILES string of the molecule is [Rh].c1ncncn1. The molecule has 0 bridgehead atoms. The van der Waals surface area contributed by atoms with Gasteiger partial charge in [0.05, 0.1) is 0 Å². The van der Waals surface area contributed by atoms with Crippen LogP contribution in [0.25, 0.3) is 0 Å². The third-order valence-corrected chi connectivity index (χ3v) is 0.400. The maximum absolute atomic E-state index is 3.56. The Morgan fingerprint density at radius 1 is 0.714 bits per heavy atom. The van der Waals surface area contributed by atoms with Crippen LogP contribution in [0.3, 0.4) is 0 Å². The Bertz CT molecular complexity index is 82.1. The average molecular weight is 184 g/mol. The molecule has 0 saturated heterocycles. The zero-order valence-corrected chi connectivity index (χ0v) is 5.05. The smallest absolute Gasteiger partial charge is 0.119 e. The van der Waals surface area contributed by atoms with E-state index in [-0.39, 0.29) is 19.5 Å². The van der Waals surface area contributed by atoms with E-state index in [4.69, 9.17) is 0 Å². The molecule has 0 unspecified atom stereocenters. The molecule has 0 aliphatic carbocycles. The minimum absolute atomic E-state index is 0. The van der Waals surface area contributed by atoms with Gasteiger partial charge in [-0.15, -0.1) is 0 Å². The van der Waals surface area contributed by atoms with Crippen LogP contribution in [-0.2, 0) is 19.5 Å². The summed E-state index contributed by atoms with van der Waals surface area (Å²) in [5, 5.41) is 0. The minimum Gasteiger partial charge on any atom is -0.225 e. The van der Waals surface area contributed by atoms with Crippen LogP contribution in [0.4, 0.5) is 0 Å². The molecule has 0 aliphatic rings. The van der Waals surface area contributed by atoms with Crippen LogP contribution < -0.4 is 0 Å². The van der Waals surface area contributed by atoms with E-state index < -0.39 is 0 Å². The molecule has 0 amide bonds. The van der Waals surface area contributed by atoms with Crippen molar-refractivity contribution in [2.24, 2.45) is 0 Å². The molecule has 1 heterocycles. The summed E-state index contributed by atoms with van der Waals surface area (Å²) in [6.07, 6.45) is 4.31. The first-order valence-electron chi connectivity index (χ1n) is 1.55. The van der Waals surface area contributed by atoms with Gasteiger partial charge in [0, 0.05) is 19.5 Å². The molecule has 4 heteroatoms. The predicted octanol–water partition coefficient (Wildman–Crippen LogP) is -0.131. The van der Waals surface area contributed by atoms with Gasteiger partial charge < -0.3 is 0 Å². The van der Waals surface area contributed by atoms with Crippen LogP contribution in [0.5, 0.6) is 0 Å². The van der Waals surface area contributed by atoms with Gasteiger partial charge in [0.25, 0.3) is 0 Å². The molecule has 1 aromatic rings. The summed E-state index contributed by atoms with van der Waals surface area (Å²) < 4.78 is 0. The molecular formula is C3H3N3Rh. The van der Waals surface area contributed by atoms with Crippen molar-refractivity contribution in [1.82, 2.24) is 15.0 Å². The van der Waals surface area contributed by atoms with Gasteiger partial charge >= 0.3 is 0 Å². The van der Waals surface area contributed by atoms with Crippen molar-refractivity contribution in [1.29, 1.82) is 0 Å². The van der Waals surface area contributed by atoms with Crippen molar-refractivity contribution >= 4 is 0 Å². The fourth-order valence-corrected chi connectivity index (χ4v) is 0.205. The van der Waals surface area contributed by atoms with E-state index in [2.05, 4.69) is 15.0 Å². The maximum Gasteiger partial charge on any atom is 0.119 e. The van der Waals surface area contributed by atoms with Crippen LogP contribution in [0.1, 0.15) is 0 Å². The quantitative estimate of drug-likeness (QED) is 0.527. The summed E-state index contributed by atoms with van der Waals surface area (Å²) in [5.41, 5.74) is 0. The summed E-state index contributed by atoms with van der Waals surface area (Å²) in [4.78, 5) is 10.7. The molecule has 0 aliphatic heterocycles. The zero-order chi connectivity index (χ0) is 4.24. The zero-order valence-electron chi connectivity index (χ0n) is 3.41. The third-order valence-electron chi connectivity index (χ3n) is 0.400. The number of nitrogens with zero attached hydrogens (tertiary/aromatic N) is 3. The monoisotopic (exact) mass is 184 g/mol. The standard InChI is InChI=1S/C3H3N3.Rh/c1-4-2-6-3-5-1;/h1-3H;. The van der Waals surface area contributed by atoms with Gasteiger partial charge in [-0.3, -0.25) is 0 Å². The van der Waals surface area contributed by atoms with Crippen LogP contribution in [0, 0.1) is 0 Å². The second-order valence-corrected chi connectivity index (χ2v) is 0.794. The number of hydrogen-bond donors (Lipinski definition) is 0. The largest absolute Gasteiger partial charge is 0.225 e. The summed E-state index contributed by atoms with van der Waals surface area (Å²) in [6, 6.07) is 0. The summed E-state index contributed by atoms with van der Waals surface area (Å²) in [6.45, 7) is 0. The normalized spacial score (nSPS) is 6.86. The molecule has 0 aromatic carbocycles. The van der Waals surface area contributed by atoms with E-state index in [0.29, 0.717) is 0 Å². The Labute approximate surface area is 54.0 Å². The maximum atomic E-state index is 3.56. The minimum atomic E-state index is 0.